The fourth-order valence-electron chi connectivity index (χ4n) is 2.48. The van der Waals surface area contributed by atoms with E-state index in [0.29, 0.717) is 16.9 Å². The minimum atomic E-state index is -0.445. The number of benzene rings is 1. The van der Waals surface area contributed by atoms with Crippen LogP contribution in [0.15, 0.2) is 18.2 Å². The maximum atomic E-state index is 14.2. The first-order valence-electron chi connectivity index (χ1n) is 7.42. The molecule has 0 fully saturated rings. The number of unbranched alkanes of at least 4 members (excludes halogenated alkanes) is 4. The molecule has 0 unspecified atom stereocenters. The second kappa shape index (κ2) is 7.46. The van der Waals surface area contributed by atoms with Crippen LogP contribution in [0.2, 0.25) is 5.02 Å². The van der Waals surface area contributed by atoms with Crippen molar-refractivity contribution >= 4 is 17.4 Å². The van der Waals surface area contributed by atoms with Gasteiger partial charge in [0.05, 0.1) is 5.02 Å². The number of hydrogen-bond acceptors (Lipinski definition) is 2. The Kier molecular flexibility index (Phi) is 5.62. The molecule has 3 N–H and O–H groups in total. The van der Waals surface area contributed by atoms with E-state index in [-0.39, 0.29) is 5.02 Å². The predicted molar refractivity (Wildman–Crippen MR) is 85.9 cm³/mol. The molecule has 21 heavy (non-hydrogen) atoms. The van der Waals surface area contributed by atoms with Crippen LogP contribution in [0, 0.1) is 5.82 Å². The summed E-state index contributed by atoms with van der Waals surface area (Å²) >= 11 is 5.85. The number of hydrogen-bond donors (Lipinski definition) is 2. The van der Waals surface area contributed by atoms with Crippen LogP contribution in [0.5, 0.6) is 0 Å². The number of aromatic amines is 1. The average molecular weight is 310 g/mol. The minimum absolute atomic E-state index is 0.0991. The van der Waals surface area contributed by atoms with Crippen molar-refractivity contribution in [1.29, 1.82) is 0 Å². The number of aryl methyl sites for hydroxylation is 1. The summed E-state index contributed by atoms with van der Waals surface area (Å²) in [5, 5.41) is 7.05. The summed E-state index contributed by atoms with van der Waals surface area (Å²) in [5.74, 6) is -0.126. The van der Waals surface area contributed by atoms with Gasteiger partial charge >= 0.3 is 0 Å². The molecular weight excluding hydrogens is 289 g/mol. The summed E-state index contributed by atoms with van der Waals surface area (Å²) < 4.78 is 14.2. The van der Waals surface area contributed by atoms with Gasteiger partial charge in [0.2, 0.25) is 0 Å². The van der Waals surface area contributed by atoms with Gasteiger partial charge in [-0.3, -0.25) is 5.10 Å². The van der Waals surface area contributed by atoms with E-state index >= 15 is 0 Å². The number of aromatic nitrogens is 2. The fourth-order valence-corrected chi connectivity index (χ4v) is 2.65. The van der Waals surface area contributed by atoms with Gasteiger partial charge in [0, 0.05) is 16.8 Å². The number of anilines is 1. The minimum Gasteiger partial charge on any atom is -0.382 e. The van der Waals surface area contributed by atoms with E-state index in [9.17, 15) is 4.39 Å². The van der Waals surface area contributed by atoms with Crippen LogP contribution in [0.1, 0.15) is 44.7 Å². The summed E-state index contributed by atoms with van der Waals surface area (Å²) in [6, 6.07) is 4.93. The van der Waals surface area contributed by atoms with Crippen LogP contribution < -0.4 is 5.73 Å². The van der Waals surface area contributed by atoms with Gasteiger partial charge in [-0.05, 0) is 18.9 Å². The van der Waals surface area contributed by atoms with E-state index in [0.717, 1.165) is 25.0 Å². The zero-order valence-electron chi connectivity index (χ0n) is 12.3. The maximum Gasteiger partial charge on any atom is 0.153 e. The first-order chi connectivity index (χ1) is 10.1. The highest BCUT2D eigenvalue weighted by molar-refractivity contribution is 6.31. The molecule has 5 heteroatoms. The Hall–Kier alpha value is -1.55. The highest BCUT2D eigenvalue weighted by Gasteiger charge is 2.17. The molecule has 0 spiro atoms. The number of nitrogen functional groups attached to an aromatic ring is 1. The topological polar surface area (TPSA) is 54.7 Å². The first kappa shape index (κ1) is 15.8. The normalized spacial score (nSPS) is 11.0. The molecule has 0 amide bonds. The first-order valence-corrected chi connectivity index (χ1v) is 7.80. The molecule has 0 bridgehead atoms. The lowest BCUT2D eigenvalue weighted by Gasteiger charge is -2.07. The molecule has 2 rings (SSSR count). The van der Waals surface area contributed by atoms with Gasteiger partial charge in [0.15, 0.2) is 5.82 Å². The van der Waals surface area contributed by atoms with Crippen molar-refractivity contribution in [2.24, 2.45) is 0 Å². The molecule has 0 aliphatic rings. The van der Waals surface area contributed by atoms with Gasteiger partial charge in [-0.15, -0.1) is 0 Å². The van der Waals surface area contributed by atoms with Gasteiger partial charge in [-0.2, -0.15) is 5.10 Å². The molecule has 0 saturated heterocycles. The van der Waals surface area contributed by atoms with Crippen molar-refractivity contribution in [3.63, 3.8) is 0 Å². The van der Waals surface area contributed by atoms with Gasteiger partial charge < -0.3 is 5.73 Å². The predicted octanol–water partition coefficient (Wildman–Crippen LogP) is 4.96. The van der Waals surface area contributed by atoms with Crippen molar-refractivity contribution in [3.05, 3.63) is 34.7 Å². The van der Waals surface area contributed by atoms with Crippen molar-refractivity contribution in [2.75, 3.05) is 5.73 Å². The number of H-pyrrole nitrogens is 1. The highest BCUT2D eigenvalue weighted by Crippen LogP contribution is 2.33. The Morgan fingerprint density at radius 2 is 2.00 bits per heavy atom. The number of rotatable bonds is 7. The summed E-state index contributed by atoms with van der Waals surface area (Å²) in [7, 11) is 0. The summed E-state index contributed by atoms with van der Waals surface area (Å²) in [5.41, 5.74) is 7.83. The molecule has 114 valence electrons. The lowest BCUT2D eigenvalue weighted by molar-refractivity contribution is 0.625. The third-order valence-electron chi connectivity index (χ3n) is 3.62. The Morgan fingerprint density at radius 3 is 2.76 bits per heavy atom. The van der Waals surface area contributed by atoms with Crippen molar-refractivity contribution in [2.45, 2.75) is 45.4 Å². The highest BCUT2D eigenvalue weighted by atomic mass is 35.5. The molecule has 1 aromatic carbocycles. The second-order valence-corrected chi connectivity index (χ2v) is 5.64. The van der Waals surface area contributed by atoms with Gasteiger partial charge in [0.25, 0.3) is 0 Å². The average Bonchev–Trinajstić information content (AvgIpc) is 2.83. The van der Waals surface area contributed by atoms with E-state index in [1.54, 1.807) is 12.1 Å². The Bertz CT molecular complexity index is 595. The quantitative estimate of drug-likeness (QED) is 0.710. The van der Waals surface area contributed by atoms with E-state index in [4.69, 9.17) is 17.3 Å². The summed E-state index contributed by atoms with van der Waals surface area (Å²) in [6.07, 6.45) is 6.70. The van der Waals surface area contributed by atoms with Crippen LogP contribution in [0.25, 0.3) is 11.1 Å². The zero-order chi connectivity index (χ0) is 15.2. The molecule has 1 aromatic heterocycles. The molecule has 0 atom stereocenters. The molecular formula is C16H21ClFN3. The Labute approximate surface area is 129 Å². The van der Waals surface area contributed by atoms with Crippen LogP contribution in [0.4, 0.5) is 10.2 Å². The number of nitrogens with one attached hydrogen (secondary N) is 1. The number of halogens is 2. The van der Waals surface area contributed by atoms with Gasteiger partial charge in [-0.1, -0.05) is 56.3 Å². The summed E-state index contributed by atoms with van der Waals surface area (Å²) in [6.45, 7) is 2.19. The molecule has 0 saturated carbocycles. The van der Waals surface area contributed by atoms with Gasteiger partial charge in [-0.25, -0.2) is 4.39 Å². The van der Waals surface area contributed by atoms with E-state index in [1.165, 1.54) is 25.3 Å². The fraction of sp³-hybridized carbons (Fsp3) is 0.438. The number of nitrogens with two attached hydrogens (primary N) is 1. The molecule has 2 aromatic rings. The van der Waals surface area contributed by atoms with Gasteiger partial charge in [0.1, 0.15) is 5.82 Å². The van der Waals surface area contributed by atoms with Crippen LogP contribution >= 0.6 is 11.6 Å². The number of nitrogens with zero attached hydrogens (tertiary/aromatic N) is 1. The third-order valence-corrected chi connectivity index (χ3v) is 3.91. The molecule has 1 heterocycles. The molecule has 3 nitrogen and oxygen atoms in total. The van der Waals surface area contributed by atoms with Crippen LogP contribution in [-0.2, 0) is 6.42 Å². The third kappa shape index (κ3) is 3.76. The molecule has 0 radical (unpaired) electrons. The van der Waals surface area contributed by atoms with E-state index in [1.807, 2.05) is 0 Å². The molecule has 0 aliphatic carbocycles. The van der Waals surface area contributed by atoms with E-state index in [2.05, 4.69) is 17.1 Å². The van der Waals surface area contributed by atoms with Crippen molar-refractivity contribution < 1.29 is 4.39 Å². The van der Waals surface area contributed by atoms with Crippen molar-refractivity contribution in [1.82, 2.24) is 10.2 Å². The lowest BCUT2D eigenvalue weighted by atomic mass is 10.0. The SMILES string of the molecule is CCCCCCCc1[nH]nc(N)c1-c1cccc(Cl)c1F. The molecule has 0 aliphatic heterocycles. The smallest absolute Gasteiger partial charge is 0.153 e. The maximum absolute atomic E-state index is 14.2. The second-order valence-electron chi connectivity index (χ2n) is 5.23. The van der Waals surface area contributed by atoms with Crippen molar-refractivity contribution in [3.8, 4) is 11.1 Å². The standard InChI is InChI=1S/C16H21ClFN3/c1-2-3-4-5-6-10-13-14(16(19)21-20-13)11-8-7-9-12(17)15(11)18/h7-9H,2-6,10H2,1H3,(H3,19,20,21). The Balaban J connectivity index is 2.16. The monoisotopic (exact) mass is 309 g/mol. The summed E-state index contributed by atoms with van der Waals surface area (Å²) in [4.78, 5) is 0. The van der Waals surface area contributed by atoms with Crippen LogP contribution in [0.3, 0.4) is 0 Å². The van der Waals surface area contributed by atoms with Crippen LogP contribution in [-0.4, -0.2) is 10.2 Å². The Morgan fingerprint density at radius 1 is 1.24 bits per heavy atom. The van der Waals surface area contributed by atoms with E-state index < -0.39 is 5.82 Å². The lowest BCUT2D eigenvalue weighted by Crippen LogP contribution is -1.95. The largest absolute Gasteiger partial charge is 0.382 e. The zero-order valence-corrected chi connectivity index (χ0v) is 13.0.